The fourth-order valence-corrected chi connectivity index (χ4v) is 3.71. The molecule has 0 atom stereocenters. The van der Waals surface area contributed by atoms with E-state index in [2.05, 4.69) is 10.3 Å². The van der Waals surface area contributed by atoms with Crippen LogP contribution in [-0.2, 0) is 22.5 Å². The Morgan fingerprint density at radius 2 is 2.03 bits per heavy atom. The highest BCUT2D eigenvalue weighted by atomic mass is 32.1. The van der Waals surface area contributed by atoms with E-state index in [1.54, 1.807) is 36.6 Å². The topological polar surface area (TPSA) is 111 Å². The van der Waals surface area contributed by atoms with Crippen LogP contribution in [0.25, 0.3) is 10.9 Å². The number of esters is 1. The number of benzene rings is 1. The molecule has 1 amide bonds. The minimum Gasteiger partial charge on any atom is -0.506 e. The van der Waals surface area contributed by atoms with Gasteiger partial charge in [0.05, 0.1) is 24.2 Å². The number of nitrogens with one attached hydrogen (secondary N) is 1. The van der Waals surface area contributed by atoms with Crippen LogP contribution in [0.15, 0.2) is 34.4 Å². The van der Waals surface area contributed by atoms with Crippen LogP contribution in [0.4, 0.5) is 5.13 Å². The molecule has 152 valence electrons. The number of nitrogens with zero attached hydrogens (tertiary/aromatic N) is 2. The molecule has 3 rings (SSSR count). The van der Waals surface area contributed by atoms with Gasteiger partial charge in [0.15, 0.2) is 5.13 Å². The van der Waals surface area contributed by atoms with Crippen LogP contribution in [0.1, 0.15) is 36.3 Å². The molecule has 0 aliphatic rings. The number of carbonyl (C=O) groups is 2. The molecule has 0 unspecified atom stereocenters. The van der Waals surface area contributed by atoms with E-state index in [4.69, 9.17) is 4.74 Å². The highest BCUT2D eigenvalue weighted by molar-refractivity contribution is 7.14. The van der Waals surface area contributed by atoms with Crippen LogP contribution in [-0.4, -0.2) is 33.1 Å². The number of aromatic nitrogens is 2. The maximum Gasteiger partial charge on any atom is 0.311 e. The molecule has 2 aromatic heterocycles. The molecule has 9 heteroatoms. The standard InChI is InChI=1S/C20H21N3O5S/c1-3-9-23-14-8-6-5-7-13(14)17(25)16(19(23)27)18(26)22-20-21-12(11-29-20)10-15(24)28-4-2/h5-8,11,25H,3-4,9-10H2,1-2H3,(H,21,22,26). The highest BCUT2D eigenvalue weighted by Gasteiger charge is 2.23. The molecule has 8 nitrogen and oxygen atoms in total. The molecule has 0 bridgehead atoms. The smallest absolute Gasteiger partial charge is 0.311 e. The number of para-hydroxylation sites is 1. The van der Waals surface area contributed by atoms with Crippen LogP contribution in [0.3, 0.4) is 0 Å². The fourth-order valence-electron chi connectivity index (χ4n) is 3.00. The van der Waals surface area contributed by atoms with Gasteiger partial charge in [-0.25, -0.2) is 4.98 Å². The SMILES string of the molecule is CCCn1c(=O)c(C(=O)Nc2nc(CC(=O)OCC)cs2)c(O)c2ccccc21. The van der Waals surface area contributed by atoms with Crippen molar-refractivity contribution in [1.82, 2.24) is 9.55 Å². The number of anilines is 1. The number of ether oxygens (including phenoxy) is 1. The summed E-state index contributed by atoms with van der Waals surface area (Å²) >= 11 is 1.12. The lowest BCUT2D eigenvalue weighted by atomic mass is 10.1. The van der Waals surface area contributed by atoms with Gasteiger partial charge in [-0.15, -0.1) is 11.3 Å². The van der Waals surface area contributed by atoms with Gasteiger partial charge in [-0.05, 0) is 25.5 Å². The molecule has 3 aromatic rings. The van der Waals surface area contributed by atoms with Crippen LogP contribution in [0, 0.1) is 0 Å². The third-order valence-electron chi connectivity index (χ3n) is 4.22. The average molecular weight is 415 g/mol. The zero-order valence-corrected chi connectivity index (χ0v) is 16.9. The first-order valence-corrected chi connectivity index (χ1v) is 10.1. The van der Waals surface area contributed by atoms with Gasteiger partial charge < -0.3 is 14.4 Å². The number of carbonyl (C=O) groups excluding carboxylic acids is 2. The van der Waals surface area contributed by atoms with Crippen molar-refractivity contribution in [2.45, 2.75) is 33.2 Å². The number of thiazole rings is 1. The Kier molecular flexibility index (Phi) is 6.28. The first-order valence-electron chi connectivity index (χ1n) is 9.22. The summed E-state index contributed by atoms with van der Waals surface area (Å²) in [5.74, 6) is -1.52. The predicted molar refractivity (Wildman–Crippen MR) is 111 cm³/mol. The number of hydrogen-bond donors (Lipinski definition) is 2. The third-order valence-corrected chi connectivity index (χ3v) is 5.03. The van der Waals surface area contributed by atoms with E-state index in [1.165, 1.54) is 4.57 Å². The molecule has 0 spiro atoms. The van der Waals surface area contributed by atoms with E-state index < -0.39 is 17.4 Å². The molecule has 1 aromatic carbocycles. The van der Waals surface area contributed by atoms with Crippen molar-refractivity contribution in [3.8, 4) is 5.75 Å². The van der Waals surface area contributed by atoms with E-state index in [0.717, 1.165) is 11.3 Å². The van der Waals surface area contributed by atoms with E-state index in [1.807, 2.05) is 6.92 Å². The number of aromatic hydroxyl groups is 1. The van der Waals surface area contributed by atoms with Gasteiger partial charge in [0.2, 0.25) is 0 Å². The summed E-state index contributed by atoms with van der Waals surface area (Å²) in [6.07, 6.45) is 0.685. The molecular formula is C20H21N3O5S. The van der Waals surface area contributed by atoms with Crippen molar-refractivity contribution < 1.29 is 19.4 Å². The maximum atomic E-state index is 12.9. The fraction of sp³-hybridized carbons (Fsp3) is 0.300. The number of fused-ring (bicyclic) bond motifs is 1. The van der Waals surface area contributed by atoms with Crippen LogP contribution in [0.2, 0.25) is 0 Å². The summed E-state index contributed by atoms with van der Waals surface area (Å²) in [6, 6.07) is 6.89. The van der Waals surface area contributed by atoms with Crippen molar-refractivity contribution in [2.75, 3.05) is 11.9 Å². The van der Waals surface area contributed by atoms with Crippen molar-refractivity contribution in [3.05, 3.63) is 51.3 Å². The monoisotopic (exact) mass is 415 g/mol. The second-order valence-corrected chi connectivity index (χ2v) is 7.14. The lowest BCUT2D eigenvalue weighted by molar-refractivity contribution is -0.142. The molecule has 0 aliphatic heterocycles. The molecule has 29 heavy (non-hydrogen) atoms. The van der Waals surface area contributed by atoms with Gasteiger partial charge in [0.1, 0.15) is 11.3 Å². The molecule has 2 heterocycles. The number of rotatable bonds is 7. The van der Waals surface area contributed by atoms with Crippen LogP contribution >= 0.6 is 11.3 Å². The van der Waals surface area contributed by atoms with Gasteiger partial charge in [-0.3, -0.25) is 19.7 Å². The van der Waals surface area contributed by atoms with Gasteiger partial charge >= 0.3 is 5.97 Å². The van der Waals surface area contributed by atoms with Crippen molar-refractivity contribution in [3.63, 3.8) is 0 Å². The van der Waals surface area contributed by atoms with E-state index >= 15 is 0 Å². The summed E-state index contributed by atoms with van der Waals surface area (Å²) in [7, 11) is 0. The molecule has 0 radical (unpaired) electrons. The van der Waals surface area contributed by atoms with Crippen LogP contribution < -0.4 is 10.9 Å². The normalized spacial score (nSPS) is 10.8. The molecule has 0 aliphatic carbocycles. The Hall–Kier alpha value is -3.20. The third kappa shape index (κ3) is 4.29. The van der Waals surface area contributed by atoms with Gasteiger partial charge in [0.25, 0.3) is 11.5 Å². The Morgan fingerprint density at radius 1 is 1.28 bits per heavy atom. The zero-order chi connectivity index (χ0) is 21.0. The summed E-state index contributed by atoms with van der Waals surface area (Å²) < 4.78 is 6.36. The van der Waals surface area contributed by atoms with E-state index in [-0.39, 0.29) is 29.5 Å². The van der Waals surface area contributed by atoms with E-state index in [9.17, 15) is 19.5 Å². The minimum atomic E-state index is -0.750. The summed E-state index contributed by atoms with van der Waals surface area (Å²) in [5, 5.41) is 15.4. The molecule has 2 N–H and O–H groups in total. The van der Waals surface area contributed by atoms with E-state index in [0.29, 0.717) is 29.6 Å². The quantitative estimate of drug-likeness (QED) is 0.574. The maximum absolute atomic E-state index is 12.9. The first-order chi connectivity index (χ1) is 14.0. The lowest BCUT2D eigenvalue weighted by Crippen LogP contribution is -2.29. The molecule has 0 fully saturated rings. The Balaban J connectivity index is 1.93. The van der Waals surface area contributed by atoms with Crippen LogP contribution in [0.5, 0.6) is 5.75 Å². The van der Waals surface area contributed by atoms with Crippen molar-refractivity contribution in [2.24, 2.45) is 0 Å². The summed E-state index contributed by atoms with van der Waals surface area (Å²) in [4.78, 5) is 41.4. The molecule has 0 saturated carbocycles. The van der Waals surface area contributed by atoms with Crippen molar-refractivity contribution >= 4 is 39.2 Å². The lowest BCUT2D eigenvalue weighted by Gasteiger charge is -2.13. The van der Waals surface area contributed by atoms with Gasteiger partial charge in [-0.1, -0.05) is 19.1 Å². The second kappa shape index (κ2) is 8.87. The second-order valence-electron chi connectivity index (χ2n) is 6.28. The summed E-state index contributed by atoms with van der Waals surface area (Å²) in [5.41, 5.74) is 0.123. The highest BCUT2D eigenvalue weighted by Crippen LogP contribution is 2.27. The molecular weight excluding hydrogens is 394 g/mol. The first kappa shape index (κ1) is 20.5. The zero-order valence-electron chi connectivity index (χ0n) is 16.1. The molecule has 0 saturated heterocycles. The number of hydrogen-bond acceptors (Lipinski definition) is 7. The Labute approximate surface area is 170 Å². The number of aryl methyl sites for hydroxylation is 1. The Bertz CT molecular complexity index is 1120. The predicted octanol–water partition coefficient (Wildman–Crippen LogP) is 2.93. The number of amides is 1. The summed E-state index contributed by atoms with van der Waals surface area (Å²) in [6.45, 7) is 4.33. The number of pyridine rings is 1. The Morgan fingerprint density at radius 3 is 2.76 bits per heavy atom. The van der Waals surface area contributed by atoms with Crippen molar-refractivity contribution in [1.29, 1.82) is 0 Å². The van der Waals surface area contributed by atoms with Gasteiger partial charge in [-0.2, -0.15) is 0 Å². The average Bonchev–Trinajstić information content (AvgIpc) is 3.12. The largest absolute Gasteiger partial charge is 0.506 e. The minimum absolute atomic E-state index is 0.00919. The van der Waals surface area contributed by atoms with Gasteiger partial charge in [0, 0.05) is 17.3 Å².